The van der Waals surface area contributed by atoms with Crippen LogP contribution in [-0.4, -0.2) is 29.2 Å². The van der Waals surface area contributed by atoms with E-state index in [1.54, 1.807) is 6.07 Å². The minimum atomic E-state index is -0.374. The molecule has 1 spiro atoms. The fourth-order valence-corrected chi connectivity index (χ4v) is 3.26. The molecule has 19 heavy (non-hydrogen) atoms. The van der Waals surface area contributed by atoms with E-state index in [1.807, 2.05) is 6.07 Å². The minimum Gasteiger partial charge on any atom is -0.508 e. The van der Waals surface area contributed by atoms with E-state index in [0.717, 1.165) is 37.7 Å². The number of hydrogen-bond acceptors (Lipinski definition) is 4. The second kappa shape index (κ2) is 5.02. The van der Waals surface area contributed by atoms with Crippen LogP contribution in [0.2, 0.25) is 0 Å². The van der Waals surface area contributed by atoms with Crippen molar-refractivity contribution in [3.05, 3.63) is 23.8 Å². The summed E-state index contributed by atoms with van der Waals surface area (Å²) in [4.78, 5) is 0. The number of phenolic OH excluding ortho intramolecular Hbond substituents is 2. The van der Waals surface area contributed by atoms with Gasteiger partial charge >= 0.3 is 0 Å². The van der Waals surface area contributed by atoms with Crippen LogP contribution in [0.5, 0.6) is 11.5 Å². The zero-order valence-electron chi connectivity index (χ0n) is 11.0. The molecular formula is C15H20O4. The first-order chi connectivity index (χ1) is 9.19. The molecule has 1 atom stereocenters. The number of aromatic hydroxyl groups is 2. The lowest BCUT2D eigenvalue weighted by atomic mass is 9.91. The van der Waals surface area contributed by atoms with Gasteiger partial charge in [-0.15, -0.1) is 0 Å². The molecule has 1 aliphatic carbocycles. The minimum absolute atomic E-state index is 0.105. The summed E-state index contributed by atoms with van der Waals surface area (Å²) in [5.41, 5.74) is 0.924. The molecule has 2 aliphatic rings. The predicted molar refractivity (Wildman–Crippen MR) is 70.2 cm³/mol. The summed E-state index contributed by atoms with van der Waals surface area (Å²) in [7, 11) is 0. The second-order valence-corrected chi connectivity index (χ2v) is 5.48. The Bertz CT molecular complexity index is 451. The molecule has 1 saturated heterocycles. The van der Waals surface area contributed by atoms with Gasteiger partial charge in [-0.3, -0.25) is 0 Å². The first-order valence-electron chi connectivity index (χ1n) is 6.98. The van der Waals surface area contributed by atoms with Crippen LogP contribution in [0, 0.1) is 0 Å². The van der Waals surface area contributed by atoms with Gasteiger partial charge < -0.3 is 19.7 Å². The average molecular weight is 264 g/mol. The lowest BCUT2D eigenvalue weighted by Gasteiger charge is -2.25. The van der Waals surface area contributed by atoms with Crippen molar-refractivity contribution in [2.75, 3.05) is 13.2 Å². The van der Waals surface area contributed by atoms with E-state index in [2.05, 4.69) is 0 Å². The molecule has 1 aromatic rings. The summed E-state index contributed by atoms with van der Waals surface area (Å²) < 4.78 is 11.5. The van der Waals surface area contributed by atoms with Gasteiger partial charge in [0.15, 0.2) is 5.79 Å². The summed E-state index contributed by atoms with van der Waals surface area (Å²) in [5.74, 6) is 0.233. The Morgan fingerprint density at radius 3 is 2.58 bits per heavy atom. The fourth-order valence-electron chi connectivity index (χ4n) is 3.26. The standard InChI is InChI=1S/C15H20O4/c16-12-3-4-13(14(17)10-12)11-2-1-6-15(7-5-11)18-8-9-19-15/h3-4,10-11,16-17H,1-2,5-9H2. The van der Waals surface area contributed by atoms with E-state index in [9.17, 15) is 10.2 Å². The van der Waals surface area contributed by atoms with Gasteiger partial charge in [0.05, 0.1) is 13.2 Å². The topological polar surface area (TPSA) is 58.9 Å². The molecule has 0 amide bonds. The highest BCUT2D eigenvalue weighted by atomic mass is 16.7. The zero-order chi connectivity index (χ0) is 13.3. The van der Waals surface area contributed by atoms with Crippen LogP contribution < -0.4 is 0 Å². The van der Waals surface area contributed by atoms with Gasteiger partial charge in [0.25, 0.3) is 0 Å². The average Bonchev–Trinajstić information content (AvgIpc) is 2.73. The highest BCUT2D eigenvalue weighted by Gasteiger charge is 2.38. The quantitative estimate of drug-likeness (QED) is 0.819. The molecule has 1 heterocycles. The van der Waals surface area contributed by atoms with Crippen molar-refractivity contribution in [3.8, 4) is 11.5 Å². The van der Waals surface area contributed by atoms with Gasteiger partial charge in [-0.05, 0) is 36.8 Å². The van der Waals surface area contributed by atoms with Crippen LogP contribution in [0.1, 0.15) is 43.6 Å². The van der Waals surface area contributed by atoms with Crippen molar-refractivity contribution in [3.63, 3.8) is 0 Å². The third-order valence-electron chi connectivity index (χ3n) is 4.25. The Morgan fingerprint density at radius 1 is 1.05 bits per heavy atom. The van der Waals surface area contributed by atoms with Gasteiger partial charge in [0, 0.05) is 18.9 Å². The second-order valence-electron chi connectivity index (χ2n) is 5.48. The van der Waals surface area contributed by atoms with Crippen LogP contribution in [-0.2, 0) is 9.47 Å². The number of hydrogen-bond donors (Lipinski definition) is 2. The lowest BCUT2D eigenvalue weighted by Crippen LogP contribution is -2.28. The normalized spacial score (nSPS) is 26.4. The Labute approximate surface area is 113 Å². The molecule has 0 radical (unpaired) electrons. The summed E-state index contributed by atoms with van der Waals surface area (Å²) in [6.45, 7) is 1.38. The molecule has 1 aromatic carbocycles. The number of rotatable bonds is 1. The maximum absolute atomic E-state index is 9.97. The van der Waals surface area contributed by atoms with Gasteiger partial charge in [-0.1, -0.05) is 6.07 Å². The zero-order valence-corrected chi connectivity index (χ0v) is 11.0. The number of benzene rings is 1. The molecule has 2 N–H and O–H groups in total. The molecule has 3 rings (SSSR count). The van der Waals surface area contributed by atoms with Crippen LogP contribution in [0.4, 0.5) is 0 Å². The number of phenols is 2. The Kier molecular flexibility index (Phi) is 3.37. The van der Waals surface area contributed by atoms with Crippen LogP contribution >= 0.6 is 0 Å². The van der Waals surface area contributed by atoms with E-state index < -0.39 is 0 Å². The molecule has 0 aromatic heterocycles. The van der Waals surface area contributed by atoms with Crippen molar-refractivity contribution in [2.24, 2.45) is 0 Å². The van der Waals surface area contributed by atoms with E-state index in [1.165, 1.54) is 6.07 Å². The number of ether oxygens (including phenoxy) is 2. The molecule has 104 valence electrons. The highest BCUT2D eigenvalue weighted by Crippen LogP contribution is 2.42. The first kappa shape index (κ1) is 12.8. The Balaban J connectivity index is 1.75. The third kappa shape index (κ3) is 2.55. The Morgan fingerprint density at radius 2 is 1.84 bits per heavy atom. The van der Waals surface area contributed by atoms with E-state index in [-0.39, 0.29) is 17.3 Å². The van der Waals surface area contributed by atoms with Crippen LogP contribution in [0.25, 0.3) is 0 Å². The van der Waals surface area contributed by atoms with Crippen molar-refractivity contribution in [1.29, 1.82) is 0 Å². The molecule has 1 unspecified atom stereocenters. The highest BCUT2D eigenvalue weighted by molar-refractivity contribution is 5.41. The smallest absolute Gasteiger partial charge is 0.168 e. The molecule has 2 fully saturated rings. The predicted octanol–water partition coefficient (Wildman–Crippen LogP) is 2.89. The van der Waals surface area contributed by atoms with Crippen molar-refractivity contribution < 1.29 is 19.7 Å². The fraction of sp³-hybridized carbons (Fsp3) is 0.600. The molecular weight excluding hydrogens is 244 g/mol. The van der Waals surface area contributed by atoms with E-state index >= 15 is 0 Å². The summed E-state index contributed by atoms with van der Waals surface area (Å²) in [6.07, 6.45) is 4.80. The molecule has 1 aliphatic heterocycles. The third-order valence-corrected chi connectivity index (χ3v) is 4.25. The van der Waals surface area contributed by atoms with Crippen molar-refractivity contribution >= 4 is 0 Å². The van der Waals surface area contributed by atoms with Gasteiger partial charge in [0.2, 0.25) is 0 Å². The summed E-state index contributed by atoms with van der Waals surface area (Å²) in [5, 5.41) is 19.3. The van der Waals surface area contributed by atoms with E-state index in [4.69, 9.17) is 9.47 Å². The van der Waals surface area contributed by atoms with Crippen molar-refractivity contribution in [2.45, 2.75) is 43.8 Å². The summed E-state index contributed by atoms with van der Waals surface area (Å²) >= 11 is 0. The summed E-state index contributed by atoms with van der Waals surface area (Å²) in [6, 6.07) is 4.88. The Hall–Kier alpha value is -1.26. The maximum atomic E-state index is 9.97. The van der Waals surface area contributed by atoms with E-state index in [0.29, 0.717) is 19.1 Å². The largest absolute Gasteiger partial charge is 0.508 e. The van der Waals surface area contributed by atoms with Crippen LogP contribution in [0.3, 0.4) is 0 Å². The molecule has 1 saturated carbocycles. The monoisotopic (exact) mass is 264 g/mol. The van der Waals surface area contributed by atoms with Crippen LogP contribution in [0.15, 0.2) is 18.2 Å². The van der Waals surface area contributed by atoms with Gasteiger partial charge in [0.1, 0.15) is 11.5 Å². The molecule has 4 nitrogen and oxygen atoms in total. The van der Waals surface area contributed by atoms with Gasteiger partial charge in [-0.25, -0.2) is 0 Å². The maximum Gasteiger partial charge on any atom is 0.168 e. The lowest BCUT2D eigenvalue weighted by molar-refractivity contribution is -0.165. The van der Waals surface area contributed by atoms with Crippen molar-refractivity contribution in [1.82, 2.24) is 0 Å². The first-order valence-corrected chi connectivity index (χ1v) is 6.98. The van der Waals surface area contributed by atoms with Gasteiger partial charge in [-0.2, -0.15) is 0 Å². The molecule has 4 heteroatoms. The SMILES string of the molecule is Oc1ccc(C2CCCC3(CC2)OCCO3)c(O)c1. The molecule has 0 bridgehead atoms.